The van der Waals surface area contributed by atoms with E-state index in [9.17, 15) is 13.2 Å². The number of carbonyl (C=O) groups is 1. The van der Waals surface area contributed by atoms with E-state index in [2.05, 4.69) is 10.2 Å². The van der Waals surface area contributed by atoms with Crippen molar-refractivity contribution in [2.75, 3.05) is 31.9 Å². The van der Waals surface area contributed by atoms with Gasteiger partial charge in [0.05, 0.1) is 5.75 Å². The predicted octanol–water partition coefficient (Wildman–Crippen LogP) is 3.03. The lowest BCUT2D eigenvalue weighted by molar-refractivity contribution is -0.129. The van der Waals surface area contributed by atoms with Crippen molar-refractivity contribution >= 4 is 33.8 Å². The summed E-state index contributed by atoms with van der Waals surface area (Å²) in [4.78, 5) is 14.4. The summed E-state index contributed by atoms with van der Waals surface area (Å²) in [5, 5.41) is 10.4. The Morgan fingerprint density at radius 2 is 1.76 bits per heavy atom. The summed E-state index contributed by atoms with van der Waals surface area (Å²) in [5.74, 6) is 0.934. The van der Waals surface area contributed by atoms with Gasteiger partial charge < -0.3 is 9.47 Å². The molecule has 1 saturated heterocycles. The first-order valence-corrected chi connectivity index (χ1v) is 13.4. The number of hydrogen-bond donors (Lipinski definition) is 0. The second-order valence-electron chi connectivity index (χ2n) is 8.06. The Bertz CT molecular complexity index is 1280. The monoisotopic (exact) mass is 497 g/mol. The van der Waals surface area contributed by atoms with Crippen molar-refractivity contribution in [3.63, 3.8) is 0 Å². The largest absolute Gasteiger partial charge is 0.339 e. The van der Waals surface area contributed by atoms with E-state index in [1.807, 2.05) is 73.1 Å². The number of thioether (sulfide) groups is 1. The van der Waals surface area contributed by atoms with Gasteiger partial charge in [0.1, 0.15) is 0 Å². The molecule has 0 unspecified atom stereocenters. The molecule has 1 aliphatic rings. The first-order chi connectivity index (χ1) is 16.3. The number of aryl methyl sites for hydroxylation is 1. The van der Waals surface area contributed by atoms with Crippen molar-refractivity contribution in [2.24, 2.45) is 7.05 Å². The molecule has 0 aliphatic carbocycles. The van der Waals surface area contributed by atoms with Crippen LogP contribution in [0.1, 0.15) is 11.1 Å². The molecule has 2 heterocycles. The molecule has 2 aromatic carbocycles. The highest BCUT2D eigenvalue weighted by Gasteiger charge is 2.27. The van der Waals surface area contributed by atoms with Crippen LogP contribution in [0, 0.1) is 6.92 Å². The Labute approximate surface area is 204 Å². The molecule has 1 amide bonds. The maximum atomic E-state index is 12.7. The maximum absolute atomic E-state index is 12.7. The molecule has 0 radical (unpaired) electrons. The summed E-state index contributed by atoms with van der Waals surface area (Å²) in [6, 6.07) is 17.3. The lowest BCUT2D eigenvalue weighted by Gasteiger charge is -2.33. The minimum absolute atomic E-state index is 0.0398. The Morgan fingerprint density at radius 1 is 1.03 bits per heavy atom. The number of rotatable bonds is 7. The highest BCUT2D eigenvalue weighted by atomic mass is 32.2. The molecule has 0 N–H and O–H groups in total. The lowest BCUT2D eigenvalue weighted by atomic mass is 10.1. The van der Waals surface area contributed by atoms with E-state index in [0.29, 0.717) is 18.2 Å². The van der Waals surface area contributed by atoms with E-state index in [-0.39, 0.29) is 24.7 Å². The van der Waals surface area contributed by atoms with Crippen LogP contribution >= 0.6 is 11.8 Å². The van der Waals surface area contributed by atoms with E-state index < -0.39 is 10.0 Å². The van der Waals surface area contributed by atoms with Gasteiger partial charge in [-0.25, -0.2) is 8.42 Å². The van der Waals surface area contributed by atoms with Gasteiger partial charge in [-0.05, 0) is 24.6 Å². The molecule has 8 nitrogen and oxygen atoms in total. The van der Waals surface area contributed by atoms with Crippen LogP contribution in [0.15, 0.2) is 65.2 Å². The maximum Gasteiger partial charge on any atom is 0.236 e. The zero-order chi connectivity index (χ0) is 24.1. The third-order valence-electron chi connectivity index (χ3n) is 5.62. The zero-order valence-corrected chi connectivity index (χ0v) is 20.8. The zero-order valence-electron chi connectivity index (χ0n) is 19.2. The van der Waals surface area contributed by atoms with Crippen LogP contribution < -0.4 is 0 Å². The van der Waals surface area contributed by atoms with E-state index in [1.165, 1.54) is 21.5 Å². The van der Waals surface area contributed by atoms with Gasteiger partial charge in [0.25, 0.3) is 0 Å². The van der Waals surface area contributed by atoms with Crippen molar-refractivity contribution in [1.82, 2.24) is 24.0 Å². The molecule has 1 aliphatic heterocycles. The van der Waals surface area contributed by atoms with E-state index >= 15 is 0 Å². The minimum Gasteiger partial charge on any atom is -0.339 e. The van der Waals surface area contributed by atoms with Crippen LogP contribution in [0.3, 0.4) is 0 Å². The number of benzene rings is 2. The Morgan fingerprint density at radius 3 is 2.47 bits per heavy atom. The number of sulfonamides is 1. The summed E-state index contributed by atoms with van der Waals surface area (Å²) in [6.45, 7) is 3.31. The second-order valence-corrected chi connectivity index (χ2v) is 10.8. The number of carbonyl (C=O) groups excluding carboxylic acids is 1. The van der Waals surface area contributed by atoms with Gasteiger partial charge in [-0.1, -0.05) is 65.9 Å². The molecule has 0 atom stereocenters. The fourth-order valence-electron chi connectivity index (χ4n) is 3.70. The fraction of sp³-hybridized carbons (Fsp3) is 0.292. The molecule has 4 rings (SSSR count). The normalized spacial score (nSPS) is 15.2. The van der Waals surface area contributed by atoms with Gasteiger partial charge in [0, 0.05) is 44.2 Å². The van der Waals surface area contributed by atoms with Gasteiger partial charge in [-0.3, -0.25) is 4.79 Å². The van der Waals surface area contributed by atoms with Gasteiger partial charge in [-0.15, -0.1) is 10.2 Å². The van der Waals surface area contributed by atoms with Crippen LogP contribution in [0.25, 0.3) is 17.5 Å². The summed E-state index contributed by atoms with van der Waals surface area (Å²) in [7, 11) is -1.64. The van der Waals surface area contributed by atoms with Crippen LogP contribution in [0.4, 0.5) is 0 Å². The predicted molar refractivity (Wildman–Crippen MR) is 134 cm³/mol. The summed E-state index contributed by atoms with van der Waals surface area (Å²) >= 11 is 1.34. The Hall–Kier alpha value is -2.95. The van der Waals surface area contributed by atoms with Crippen molar-refractivity contribution in [1.29, 1.82) is 0 Å². The molecule has 3 aromatic rings. The van der Waals surface area contributed by atoms with E-state index in [1.54, 1.807) is 11.0 Å². The molecular weight excluding hydrogens is 470 g/mol. The first kappa shape index (κ1) is 24.2. The van der Waals surface area contributed by atoms with Gasteiger partial charge in [0.15, 0.2) is 11.0 Å². The number of nitrogens with zero attached hydrogens (tertiary/aromatic N) is 5. The average Bonchev–Trinajstić information content (AvgIpc) is 3.22. The number of hydrogen-bond acceptors (Lipinski definition) is 6. The van der Waals surface area contributed by atoms with Gasteiger partial charge in [-0.2, -0.15) is 4.31 Å². The topological polar surface area (TPSA) is 88.4 Å². The van der Waals surface area contributed by atoms with Crippen LogP contribution in [0.5, 0.6) is 0 Å². The van der Waals surface area contributed by atoms with Crippen molar-refractivity contribution in [3.05, 3.63) is 71.1 Å². The first-order valence-electron chi connectivity index (χ1n) is 10.9. The molecular formula is C24H27N5O3S2. The molecule has 34 heavy (non-hydrogen) atoms. The lowest BCUT2D eigenvalue weighted by Crippen LogP contribution is -2.50. The van der Waals surface area contributed by atoms with E-state index in [0.717, 1.165) is 22.5 Å². The van der Waals surface area contributed by atoms with E-state index in [4.69, 9.17) is 0 Å². The minimum atomic E-state index is -3.53. The highest BCUT2D eigenvalue weighted by molar-refractivity contribution is 7.99. The fourth-order valence-corrected chi connectivity index (χ4v) is 5.69. The number of piperazine rings is 1. The third kappa shape index (κ3) is 5.75. The quantitative estimate of drug-likeness (QED) is 0.466. The van der Waals surface area contributed by atoms with Gasteiger partial charge >= 0.3 is 0 Å². The standard InChI is InChI=1S/C24H27N5O3S2/c1-19-7-6-10-21(17-19)23-25-26-24(27(23)2)33-18-22(30)28-12-14-29(15-13-28)34(31,32)16-11-20-8-4-3-5-9-20/h3-11,16-17H,12-15,18H2,1-2H3/b16-11+. The van der Waals surface area contributed by atoms with Crippen LogP contribution in [-0.2, 0) is 21.9 Å². The second kappa shape index (κ2) is 10.5. The van der Waals surface area contributed by atoms with Crippen molar-refractivity contribution in [2.45, 2.75) is 12.1 Å². The number of amides is 1. The number of aromatic nitrogens is 3. The summed E-state index contributed by atoms with van der Waals surface area (Å²) < 4.78 is 28.6. The smallest absolute Gasteiger partial charge is 0.236 e. The Kier molecular flexibility index (Phi) is 7.50. The van der Waals surface area contributed by atoms with Crippen molar-refractivity contribution in [3.8, 4) is 11.4 Å². The summed E-state index contributed by atoms with van der Waals surface area (Å²) in [5.41, 5.74) is 2.94. The van der Waals surface area contributed by atoms with Crippen LogP contribution in [0.2, 0.25) is 0 Å². The highest BCUT2D eigenvalue weighted by Crippen LogP contribution is 2.23. The molecule has 178 valence electrons. The molecule has 0 spiro atoms. The third-order valence-corrected chi connectivity index (χ3v) is 8.19. The molecule has 1 fully saturated rings. The molecule has 1 aromatic heterocycles. The molecule has 0 bridgehead atoms. The van der Waals surface area contributed by atoms with Gasteiger partial charge in [0.2, 0.25) is 15.9 Å². The molecule has 10 heteroatoms. The average molecular weight is 498 g/mol. The van der Waals surface area contributed by atoms with Crippen LogP contribution in [-0.4, -0.2) is 70.2 Å². The van der Waals surface area contributed by atoms with Crippen molar-refractivity contribution < 1.29 is 13.2 Å². The SMILES string of the molecule is Cc1cccc(-c2nnc(SCC(=O)N3CCN(S(=O)(=O)/C=C/c4ccccc4)CC3)n2C)c1. The summed E-state index contributed by atoms with van der Waals surface area (Å²) in [6.07, 6.45) is 1.59. The molecule has 0 saturated carbocycles. The Balaban J connectivity index is 1.30.